The van der Waals surface area contributed by atoms with Gasteiger partial charge in [-0.3, -0.25) is 14.8 Å². The van der Waals surface area contributed by atoms with E-state index < -0.39 is 0 Å². The molecule has 146 valence electrons. The maximum Gasteiger partial charge on any atom is 0.191 e. The van der Waals surface area contributed by atoms with Gasteiger partial charge in [0.25, 0.3) is 0 Å². The van der Waals surface area contributed by atoms with Crippen LogP contribution in [0.3, 0.4) is 0 Å². The van der Waals surface area contributed by atoms with Crippen molar-refractivity contribution >= 4 is 29.9 Å². The molecule has 3 heterocycles. The van der Waals surface area contributed by atoms with Crippen molar-refractivity contribution in [2.75, 3.05) is 46.4 Å². The Morgan fingerprint density at radius 3 is 2.76 bits per heavy atom. The third-order valence-corrected chi connectivity index (χ3v) is 5.88. The number of guanidine groups is 1. The van der Waals surface area contributed by atoms with Crippen molar-refractivity contribution in [1.82, 2.24) is 20.4 Å². The van der Waals surface area contributed by atoms with Gasteiger partial charge in [0.2, 0.25) is 0 Å². The topological polar surface area (TPSA) is 52.1 Å². The first kappa shape index (κ1) is 21.2. The highest BCUT2D eigenvalue weighted by molar-refractivity contribution is 14.0. The summed E-state index contributed by atoms with van der Waals surface area (Å²) in [4.78, 5) is 9.54. The fourth-order valence-electron chi connectivity index (χ4n) is 4.20. The van der Waals surface area contributed by atoms with Crippen molar-refractivity contribution in [3.63, 3.8) is 0 Å². The van der Waals surface area contributed by atoms with E-state index in [1.54, 1.807) is 0 Å². The number of nitrogens with one attached hydrogen (secondary N) is 2. The van der Waals surface area contributed by atoms with Gasteiger partial charge >= 0.3 is 0 Å². The number of hydrogen-bond donors (Lipinski definition) is 2. The summed E-state index contributed by atoms with van der Waals surface area (Å²) in [7, 11) is 1.85. The molecular weight excluding hydrogens is 429 g/mol. The van der Waals surface area contributed by atoms with Gasteiger partial charge < -0.3 is 15.4 Å². The van der Waals surface area contributed by atoms with Crippen LogP contribution in [0.4, 0.5) is 0 Å². The van der Waals surface area contributed by atoms with Gasteiger partial charge in [-0.15, -0.1) is 24.0 Å². The normalized spacial score (nSPS) is 34.0. The van der Waals surface area contributed by atoms with Crippen LogP contribution < -0.4 is 10.6 Å². The molecule has 0 radical (unpaired) electrons. The summed E-state index contributed by atoms with van der Waals surface area (Å²) in [6.45, 7) is 13.1. The maximum atomic E-state index is 6.03. The number of halogens is 1. The van der Waals surface area contributed by atoms with Gasteiger partial charge in [0.05, 0.1) is 12.7 Å². The minimum absolute atomic E-state index is 0. The second kappa shape index (κ2) is 9.71. The van der Waals surface area contributed by atoms with E-state index in [1.165, 1.54) is 19.4 Å². The Bertz CT molecular complexity index is 447. The number of likely N-dealkylation sites (tertiary alicyclic amines) is 1. The van der Waals surface area contributed by atoms with E-state index in [1.807, 2.05) is 7.05 Å². The van der Waals surface area contributed by atoms with E-state index in [4.69, 9.17) is 4.74 Å². The summed E-state index contributed by atoms with van der Waals surface area (Å²) < 4.78 is 6.03. The fourth-order valence-corrected chi connectivity index (χ4v) is 4.20. The van der Waals surface area contributed by atoms with Crippen molar-refractivity contribution in [1.29, 1.82) is 0 Å². The molecule has 0 aromatic carbocycles. The number of nitrogens with zero attached hydrogens (tertiary/aromatic N) is 3. The summed E-state index contributed by atoms with van der Waals surface area (Å²) in [5, 5.41) is 7.09. The molecule has 0 amide bonds. The average molecular weight is 465 g/mol. The third kappa shape index (κ3) is 5.43. The lowest BCUT2D eigenvalue weighted by Crippen LogP contribution is -2.53. The van der Waals surface area contributed by atoms with Crippen molar-refractivity contribution in [2.24, 2.45) is 10.9 Å². The van der Waals surface area contributed by atoms with Gasteiger partial charge in [-0.1, -0.05) is 6.92 Å². The molecule has 0 bridgehead atoms. The Hall–Kier alpha value is -0.120. The molecule has 3 aliphatic heterocycles. The zero-order chi connectivity index (χ0) is 17.1. The van der Waals surface area contributed by atoms with Crippen LogP contribution in [-0.4, -0.2) is 86.4 Å². The lowest BCUT2D eigenvalue weighted by Gasteiger charge is -2.35. The van der Waals surface area contributed by atoms with Crippen molar-refractivity contribution in [3.05, 3.63) is 0 Å². The smallest absolute Gasteiger partial charge is 0.191 e. The largest absolute Gasteiger partial charge is 0.373 e. The number of rotatable bonds is 4. The van der Waals surface area contributed by atoms with Crippen LogP contribution >= 0.6 is 24.0 Å². The molecule has 25 heavy (non-hydrogen) atoms. The highest BCUT2D eigenvalue weighted by Crippen LogP contribution is 2.22. The van der Waals surface area contributed by atoms with E-state index in [0.29, 0.717) is 24.0 Å². The molecule has 4 atom stereocenters. The molecule has 3 rings (SSSR count). The molecular formula is C18H36IN5O. The first-order valence-corrected chi connectivity index (χ1v) is 9.63. The molecule has 0 aromatic heterocycles. The summed E-state index contributed by atoms with van der Waals surface area (Å²) in [5.41, 5.74) is 0. The molecule has 0 aliphatic carbocycles. The third-order valence-electron chi connectivity index (χ3n) is 5.88. The number of morpholine rings is 1. The minimum Gasteiger partial charge on any atom is -0.373 e. The van der Waals surface area contributed by atoms with Crippen LogP contribution in [0.25, 0.3) is 0 Å². The van der Waals surface area contributed by atoms with E-state index >= 15 is 0 Å². The number of fused-ring (bicyclic) bond motifs is 1. The van der Waals surface area contributed by atoms with Crippen molar-refractivity contribution in [3.8, 4) is 0 Å². The van der Waals surface area contributed by atoms with Crippen molar-refractivity contribution in [2.45, 2.75) is 57.8 Å². The maximum absolute atomic E-state index is 6.03. The average Bonchev–Trinajstić information content (AvgIpc) is 3.17. The Balaban J connectivity index is 0.00000225. The number of ether oxygens (including phenoxy) is 1. The predicted octanol–water partition coefficient (Wildman–Crippen LogP) is 1.36. The van der Waals surface area contributed by atoms with Gasteiger partial charge in [-0.05, 0) is 39.2 Å². The number of aliphatic imine (C=N–C) groups is 1. The standard InChI is InChI=1S/C18H35N5O.HI/c1-13(2)23-9-14(3)17(11-23)21-18(19-4)20-8-16-10-22-7-5-6-15(22)12-24-16;/h13-17H,5-12H2,1-4H3,(H2,19,20,21);1H. The predicted molar refractivity (Wildman–Crippen MR) is 114 cm³/mol. The van der Waals surface area contributed by atoms with E-state index in [0.717, 1.165) is 38.7 Å². The summed E-state index contributed by atoms with van der Waals surface area (Å²) >= 11 is 0. The minimum atomic E-state index is 0. The first-order valence-electron chi connectivity index (χ1n) is 9.63. The van der Waals surface area contributed by atoms with E-state index in [-0.39, 0.29) is 30.1 Å². The molecule has 6 nitrogen and oxygen atoms in total. The lowest BCUT2D eigenvalue weighted by molar-refractivity contribution is -0.0453. The van der Waals surface area contributed by atoms with Crippen LogP contribution in [0.2, 0.25) is 0 Å². The molecule has 2 N–H and O–H groups in total. The first-order chi connectivity index (χ1) is 11.6. The van der Waals surface area contributed by atoms with Crippen LogP contribution in [0, 0.1) is 5.92 Å². The Morgan fingerprint density at radius 1 is 1.28 bits per heavy atom. The van der Waals surface area contributed by atoms with Gasteiger partial charge in [0, 0.05) is 51.4 Å². The Labute approximate surface area is 170 Å². The van der Waals surface area contributed by atoms with Crippen LogP contribution in [0.15, 0.2) is 4.99 Å². The van der Waals surface area contributed by atoms with Crippen LogP contribution in [-0.2, 0) is 4.74 Å². The molecule has 3 aliphatic rings. The Kier molecular flexibility index (Phi) is 8.23. The quantitative estimate of drug-likeness (QED) is 0.373. The summed E-state index contributed by atoms with van der Waals surface area (Å²) in [6.07, 6.45) is 2.89. The molecule has 0 saturated carbocycles. The number of hydrogen-bond acceptors (Lipinski definition) is 4. The van der Waals surface area contributed by atoms with Crippen LogP contribution in [0.5, 0.6) is 0 Å². The molecule has 3 saturated heterocycles. The molecule has 4 unspecified atom stereocenters. The second-order valence-electron chi connectivity index (χ2n) is 7.98. The zero-order valence-electron chi connectivity index (χ0n) is 16.2. The fraction of sp³-hybridized carbons (Fsp3) is 0.944. The highest BCUT2D eigenvalue weighted by Gasteiger charge is 2.33. The summed E-state index contributed by atoms with van der Waals surface area (Å²) in [5.74, 6) is 1.55. The molecule has 0 aromatic rings. The van der Waals surface area contributed by atoms with Gasteiger partial charge in [0.15, 0.2) is 5.96 Å². The zero-order valence-corrected chi connectivity index (χ0v) is 18.5. The SMILES string of the molecule is CN=C(NCC1CN2CCCC2CO1)NC1CN(C(C)C)CC1C.I. The van der Waals surface area contributed by atoms with Gasteiger partial charge in [-0.25, -0.2) is 0 Å². The van der Waals surface area contributed by atoms with E-state index in [9.17, 15) is 0 Å². The van der Waals surface area contributed by atoms with Crippen LogP contribution in [0.1, 0.15) is 33.6 Å². The highest BCUT2D eigenvalue weighted by atomic mass is 127. The Morgan fingerprint density at radius 2 is 2.08 bits per heavy atom. The van der Waals surface area contributed by atoms with E-state index in [2.05, 4.69) is 46.2 Å². The molecule has 0 spiro atoms. The summed E-state index contributed by atoms with van der Waals surface area (Å²) in [6, 6.07) is 1.74. The molecule has 3 fully saturated rings. The molecule has 7 heteroatoms. The van der Waals surface area contributed by atoms with Crippen molar-refractivity contribution < 1.29 is 4.74 Å². The lowest BCUT2D eigenvalue weighted by atomic mass is 10.1. The van der Waals surface area contributed by atoms with Gasteiger partial charge in [-0.2, -0.15) is 0 Å². The monoisotopic (exact) mass is 465 g/mol. The second-order valence-corrected chi connectivity index (χ2v) is 7.98. The van der Waals surface area contributed by atoms with Gasteiger partial charge in [0.1, 0.15) is 0 Å².